The van der Waals surface area contributed by atoms with Crippen molar-refractivity contribution in [2.45, 2.75) is 19.8 Å². The van der Waals surface area contributed by atoms with Crippen molar-refractivity contribution in [3.05, 3.63) is 89.0 Å². The van der Waals surface area contributed by atoms with Gasteiger partial charge in [0.25, 0.3) is 0 Å². The molecule has 1 unspecified atom stereocenters. The summed E-state index contributed by atoms with van der Waals surface area (Å²) in [7, 11) is -0.239. The van der Waals surface area contributed by atoms with E-state index in [-0.39, 0.29) is 7.53 Å². The van der Waals surface area contributed by atoms with Crippen LogP contribution in [0.3, 0.4) is 0 Å². The summed E-state index contributed by atoms with van der Waals surface area (Å²) in [6, 6.07) is 26.4. The average molecular weight is 278 g/mol. The summed E-state index contributed by atoms with van der Waals surface area (Å²) in [6.07, 6.45) is 2.30. The maximum Gasteiger partial charge on any atom is -0.00169 e. The van der Waals surface area contributed by atoms with Crippen molar-refractivity contribution < 1.29 is 0 Å². The molecule has 3 rings (SSSR count). The Bertz CT molecular complexity index is 666. The van der Waals surface area contributed by atoms with Crippen molar-refractivity contribution >= 4 is 7.53 Å². The van der Waals surface area contributed by atoms with E-state index in [0.717, 1.165) is 6.42 Å². The molecule has 0 aliphatic rings. The van der Waals surface area contributed by atoms with Gasteiger partial charge in [0.1, 0.15) is 0 Å². The number of hydrogen-bond donors (Lipinski definition) is 0. The van der Waals surface area contributed by atoms with Crippen LogP contribution in [0.4, 0.5) is 0 Å². The Morgan fingerprint density at radius 1 is 0.700 bits per heavy atom. The largest absolute Gasteiger partial charge is 0.0871 e. The molecule has 0 saturated carbocycles. The van der Waals surface area contributed by atoms with Gasteiger partial charge >= 0.3 is 0 Å². The second-order valence-electron chi connectivity index (χ2n) is 5.12. The third-order valence-electron chi connectivity index (χ3n) is 3.68. The molecule has 3 aromatic rings. The lowest BCUT2D eigenvalue weighted by molar-refractivity contribution is 0.981. The lowest BCUT2D eigenvalue weighted by Gasteiger charge is -2.08. The molecule has 1 atom stereocenters. The van der Waals surface area contributed by atoms with Crippen LogP contribution in [0.25, 0.3) is 5.30 Å². The molecule has 0 amide bonds. The fourth-order valence-corrected chi connectivity index (χ4v) is 5.10. The molecule has 2 aromatic carbocycles. The van der Waals surface area contributed by atoms with Crippen LogP contribution in [0, 0.1) is 6.92 Å². The van der Waals surface area contributed by atoms with Gasteiger partial charge in [-0.25, -0.2) is 0 Å². The minimum atomic E-state index is -0.239. The number of rotatable bonds is 4. The first-order valence-corrected chi connectivity index (χ1v) is 8.45. The molecule has 0 radical (unpaired) electrons. The standard InChI is InChI=1S/C19H19P/c1-16-12-14-19(15-13-17-8-4-2-5-9-17)20(16)18-10-6-3-7-11-18/h2-12,14H,13,15H2,1H3. The van der Waals surface area contributed by atoms with Gasteiger partial charge in [0.15, 0.2) is 0 Å². The van der Waals surface area contributed by atoms with Crippen molar-refractivity contribution in [3.63, 3.8) is 0 Å². The zero-order valence-electron chi connectivity index (χ0n) is 11.8. The van der Waals surface area contributed by atoms with Crippen LogP contribution in [-0.2, 0) is 12.8 Å². The Labute approximate surface area is 122 Å². The lowest BCUT2D eigenvalue weighted by atomic mass is 10.1. The minimum absolute atomic E-state index is 0.239. The zero-order chi connectivity index (χ0) is 13.8. The van der Waals surface area contributed by atoms with Gasteiger partial charge in [-0.3, -0.25) is 0 Å². The fraction of sp³-hybridized carbons (Fsp3) is 0.158. The maximum atomic E-state index is 2.34. The molecule has 20 heavy (non-hydrogen) atoms. The lowest BCUT2D eigenvalue weighted by Crippen LogP contribution is -1.88. The van der Waals surface area contributed by atoms with Crippen molar-refractivity contribution in [2.24, 2.45) is 0 Å². The van der Waals surface area contributed by atoms with Crippen molar-refractivity contribution in [2.75, 3.05) is 0 Å². The Morgan fingerprint density at radius 2 is 1.35 bits per heavy atom. The first-order valence-electron chi connectivity index (χ1n) is 7.11. The number of aryl methyl sites for hydroxylation is 3. The second kappa shape index (κ2) is 6.11. The van der Waals surface area contributed by atoms with E-state index in [1.54, 1.807) is 5.30 Å². The smallest absolute Gasteiger partial charge is 0.00169 e. The molecule has 0 aliphatic heterocycles. The monoisotopic (exact) mass is 278 g/mol. The van der Waals surface area contributed by atoms with E-state index in [2.05, 4.69) is 79.7 Å². The van der Waals surface area contributed by atoms with E-state index in [4.69, 9.17) is 0 Å². The van der Waals surface area contributed by atoms with Crippen LogP contribution >= 0.6 is 7.53 Å². The Balaban J connectivity index is 1.85. The molecule has 0 fully saturated rings. The van der Waals surface area contributed by atoms with E-state index in [1.165, 1.54) is 22.6 Å². The van der Waals surface area contributed by atoms with Gasteiger partial charge in [0.2, 0.25) is 0 Å². The topological polar surface area (TPSA) is 0 Å². The summed E-state index contributed by atoms with van der Waals surface area (Å²) in [4.78, 5) is 0. The van der Waals surface area contributed by atoms with E-state index >= 15 is 0 Å². The Hall–Kier alpha value is -1.78. The highest BCUT2D eigenvalue weighted by Crippen LogP contribution is 2.47. The Morgan fingerprint density at radius 3 is 2.05 bits per heavy atom. The SMILES string of the molecule is Cc1ccc(CCc2ccccc2)p1-c1ccccc1. The predicted molar refractivity (Wildman–Crippen MR) is 89.1 cm³/mol. The first-order chi connectivity index (χ1) is 9.84. The molecule has 1 aromatic heterocycles. The normalized spacial score (nSPS) is 11.6. The molecule has 0 nitrogen and oxygen atoms in total. The van der Waals surface area contributed by atoms with Crippen molar-refractivity contribution in [1.82, 2.24) is 0 Å². The quantitative estimate of drug-likeness (QED) is 0.569. The summed E-state index contributed by atoms with van der Waals surface area (Å²) >= 11 is 0. The van der Waals surface area contributed by atoms with Crippen LogP contribution in [-0.4, -0.2) is 0 Å². The van der Waals surface area contributed by atoms with E-state index < -0.39 is 0 Å². The summed E-state index contributed by atoms with van der Waals surface area (Å²) in [6.45, 7) is 2.27. The van der Waals surface area contributed by atoms with E-state index in [9.17, 15) is 0 Å². The third kappa shape index (κ3) is 2.86. The van der Waals surface area contributed by atoms with Crippen LogP contribution in [0.15, 0.2) is 72.8 Å². The third-order valence-corrected chi connectivity index (χ3v) is 6.30. The van der Waals surface area contributed by atoms with Gasteiger partial charge in [-0.1, -0.05) is 80.3 Å². The zero-order valence-corrected chi connectivity index (χ0v) is 12.7. The summed E-state index contributed by atoms with van der Waals surface area (Å²) in [5.41, 5.74) is 1.43. The van der Waals surface area contributed by atoms with Crippen LogP contribution in [0.2, 0.25) is 0 Å². The van der Waals surface area contributed by atoms with Gasteiger partial charge < -0.3 is 0 Å². The van der Waals surface area contributed by atoms with Crippen LogP contribution in [0.1, 0.15) is 16.2 Å². The second-order valence-corrected chi connectivity index (χ2v) is 7.59. The summed E-state index contributed by atoms with van der Waals surface area (Å²) < 4.78 is 0. The Kier molecular flexibility index (Phi) is 4.04. The van der Waals surface area contributed by atoms with Crippen LogP contribution < -0.4 is 0 Å². The average Bonchev–Trinajstić information content (AvgIpc) is 2.88. The molecule has 0 spiro atoms. The summed E-state index contributed by atoms with van der Waals surface area (Å²) in [5, 5.41) is 4.61. The molecule has 0 saturated heterocycles. The molecule has 1 heterocycles. The molecular formula is C19H19P. The van der Waals surface area contributed by atoms with E-state index in [1.807, 2.05) is 0 Å². The maximum absolute atomic E-state index is 2.34. The predicted octanol–water partition coefficient (Wildman–Crippen LogP) is 5.76. The van der Waals surface area contributed by atoms with Gasteiger partial charge in [0, 0.05) is 0 Å². The highest BCUT2D eigenvalue weighted by atomic mass is 31.1. The number of benzene rings is 2. The van der Waals surface area contributed by atoms with Crippen molar-refractivity contribution in [1.29, 1.82) is 0 Å². The van der Waals surface area contributed by atoms with Crippen LogP contribution in [0.5, 0.6) is 0 Å². The van der Waals surface area contributed by atoms with Gasteiger partial charge in [-0.05, 0) is 41.2 Å². The highest BCUT2D eigenvalue weighted by Gasteiger charge is 2.08. The van der Waals surface area contributed by atoms with Crippen molar-refractivity contribution in [3.8, 4) is 5.30 Å². The molecule has 0 aliphatic carbocycles. The molecule has 0 bridgehead atoms. The number of hydrogen-bond acceptors (Lipinski definition) is 0. The van der Waals surface area contributed by atoms with Gasteiger partial charge in [-0.15, -0.1) is 0 Å². The molecule has 1 heteroatoms. The fourth-order valence-electron chi connectivity index (χ4n) is 2.65. The summed E-state index contributed by atoms with van der Waals surface area (Å²) in [5.74, 6) is 0. The minimum Gasteiger partial charge on any atom is -0.0871 e. The first kappa shape index (κ1) is 13.2. The van der Waals surface area contributed by atoms with E-state index in [0.29, 0.717) is 0 Å². The molecular weight excluding hydrogens is 259 g/mol. The highest BCUT2D eigenvalue weighted by molar-refractivity contribution is 7.58. The van der Waals surface area contributed by atoms with Gasteiger partial charge in [0.05, 0.1) is 0 Å². The van der Waals surface area contributed by atoms with Gasteiger partial charge in [-0.2, -0.15) is 0 Å². The molecule has 0 N–H and O–H groups in total. The molecule has 100 valence electrons.